The maximum absolute atomic E-state index is 14.9. The van der Waals surface area contributed by atoms with Gasteiger partial charge in [-0.1, -0.05) is 73.9 Å². The third kappa shape index (κ3) is 6.20. The van der Waals surface area contributed by atoms with Crippen LogP contribution in [0, 0.1) is 24.4 Å². The number of unbranched alkanes of at least 4 members (excludes halogenated alkanes) is 2. The molecule has 0 bridgehead atoms. The van der Waals surface area contributed by atoms with Gasteiger partial charge in [-0.2, -0.15) is 0 Å². The SMILES string of the molecule is CCCCCOc1ccc(C(=O)Oc2ccc(-c3ccc(-c4ccc(C)cc4)c(F)c3F)cc2)c(F)c1. The average Bonchev–Trinajstić information content (AvgIpc) is 2.89. The van der Waals surface area contributed by atoms with Crippen LogP contribution in [0.4, 0.5) is 13.2 Å². The van der Waals surface area contributed by atoms with Gasteiger partial charge in [-0.25, -0.2) is 18.0 Å². The Labute approximate surface area is 214 Å². The minimum absolute atomic E-state index is 0.0757. The van der Waals surface area contributed by atoms with E-state index in [-0.39, 0.29) is 22.4 Å². The van der Waals surface area contributed by atoms with Crippen molar-refractivity contribution in [3.63, 3.8) is 0 Å². The van der Waals surface area contributed by atoms with Crippen LogP contribution >= 0.6 is 0 Å². The van der Waals surface area contributed by atoms with Gasteiger partial charge in [-0.05, 0) is 48.7 Å². The van der Waals surface area contributed by atoms with E-state index in [9.17, 15) is 18.0 Å². The maximum Gasteiger partial charge on any atom is 0.346 e. The number of halogens is 3. The molecule has 0 N–H and O–H groups in total. The van der Waals surface area contributed by atoms with Crippen LogP contribution in [0.15, 0.2) is 78.9 Å². The van der Waals surface area contributed by atoms with Crippen molar-refractivity contribution in [2.75, 3.05) is 6.61 Å². The van der Waals surface area contributed by atoms with Crippen molar-refractivity contribution in [2.24, 2.45) is 0 Å². The lowest BCUT2D eigenvalue weighted by Gasteiger charge is -2.11. The topological polar surface area (TPSA) is 35.5 Å². The number of benzene rings is 4. The number of ether oxygens (including phenoxy) is 2. The van der Waals surface area contributed by atoms with Crippen molar-refractivity contribution in [2.45, 2.75) is 33.1 Å². The van der Waals surface area contributed by atoms with Gasteiger partial charge in [-0.15, -0.1) is 0 Å². The highest BCUT2D eigenvalue weighted by Crippen LogP contribution is 2.32. The number of hydrogen-bond donors (Lipinski definition) is 0. The number of aryl methyl sites for hydroxylation is 1. The number of carbonyl (C=O) groups is 1. The van der Waals surface area contributed by atoms with Crippen LogP contribution in [-0.4, -0.2) is 12.6 Å². The first-order valence-electron chi connectivity index (χ1n) is 12.2. The summed E-state index contributed by atoms with van der Waals surface area (Å²) < 4.78 is 55.0. The Kier molecular flexibility index (Phi) is 8.29. The normalized spacial score (nSPS) is 10.8. The highest BCUT2D eigenvalue weighted by molar-refractivity contribution is 5.91. The molecule has 4 rings (SSSR count). The number of rotatable bonds is 9. The van der Waals surface area contributed by atoms with E-state index in [0.717, 1.165) is 30.9 Å². The van der Waals surface area contributed by atoms with Crippen molar-refractivity contribution in [3.8, 4) is 33.8 Å². The van der Waals surface area contributed by atoms with E-state index in [1.807, 2.05) is 19.1 Å². The molecule has 0 amide bonds. The highest BCUT2D eigenvalue weighted by atomic mass is 19.2. The summed E-state index contributed by atoms with van der Waals surface area (Å²) in [4.78, 5) is 12.5. The molecular formula is C31H27F3O3. The molecule has 0 aliphatic carbocycles. The molecule has 0 aromatic heterocycles. The largest absolute Gasteiger partial charge is 0.493 e. The van der Waals surface area contributed by atoms with Crippen LogP contribution in [0.3, 0.4) is 0 Å². The van der Waals surface area contributed by atoms with E-state index in [4.69, 9.17) is 9.47 Å². The molecule has 0 unspecified atom stereocenters. The quantitative estimate of drug-likeness (QED) is 0.130. The molecule has 4 aromatic carbocycles. The molecule has 0 aliphatic heterocycles. The maximum atomic E-state index is 14.9. The van der Waals surface area contributed by atoms with Gasteiger partial charge in [0.2, 0.25) is 0 Å². The van der Waals surface area contributed by atoms with Gasteiger partial charge in [0.25, 0.3) is 0 Å². The van der Waals surface area contributed by atoms with Gasteiger partial charge >= 0.3 is 5.97 Å². The Hall–Kier alpha value is -4.06. The van der Waals surface area contributed by atoms with E-state index >= 15 is 0 Å². The summed E-state index contributed by atoms with van der Waals surface area (Å²) in [5, 5.41) is 0. The van der Waals surface area contributed by atoms with Crippen LogP contribution in [0.2, 0.25) is 0 Å². The Morgan fingerprint density at radius 3 is 1.86 bits per heavy atom. The van der Waals surface area contributed by atoms with Crippen molar-refractivity contribution < 1.29 is 27.4 Å². The van der Waals surface area contributed by atoms with E-state index in [1.165, 1.54) is 48.5 Å². The molecular weight excluding hydrogens is 477 g/mol. The summed E-state index contributed by atoms with van der Waals surface area (Å²) in [6, 6.07) is 20.1. The van der Waals surface area contributed by atoms with Gasteiger partial charge in [-0.3, -0.25) is 0 Å². The first-order valence-corrected chi connectivity index (χ1v) is 12.2. The Bertz CT molecular complexity index is 1380. The fourth-order valence-corrected chi connectivity index (χ4v) is 3.89. The zero-order chi connectivity index (χ0) is 26.4. The standard InChI is InChI=1S/C31H27F3O3/c1-3-4-5-18-36-24-14-15-27(28(32)19-24)31(35)37-23-12-10-22(11-13-23)26-17-16-25(29(33)30(26)34)21-8-6-20(2)7-9-21/h6-17,19H,3-5,18H2,1-2H3. The number of esters is 1. The smallest absolute Gasteiger partial charge is 0.346 e. The minimum Gasteiger partial charge on any atom is -0.493 e. The number of hydrogen-bond acceptors (Lipinski definition) is 3. The lowest BCUT2D eigenvalue weighted by atomic mass is 9.98. The van der Waals surface area contributed by atoms with E-state index < -0.39 is 23.4 Å². The van der Waals surface area contributed by atoms with Gasteiger partial charge < -0.3 is 9.47 Å². The molecule has 0 atom stereocenters. The molecule has 4 aromatic rings. The third-order valence-electron chi connectivity index (χ3n) is 6.00. The fraction of sp³-hybridized carbons (Fsp3) is 0.194. The predicted molar refractivity (Wildman–Crippen MR) is 138 cm³/mol. The van der Waals surface area contributed by atoms with Crippen molar-refractivity contribution in [1.29, 1.82) is 0 Å². The molecule has 0 spiro atoms. The molecule has 0 saturated carbocycles. The molecule has 0 heterocycles. The minimum atomic E-state index is -0.970. The van der Waals surface area contributed by atoms with Crippen molar-refractivity contribution in [3.05, 3.63) is 107 Å². The molecule has 0 fully saturated rings. The highest BCUT2D eigenvalue weighted by Gasteiger charge is 2.18. The second-order valence-corrected chi connectivity index (χ2v) is 8.77. The lowest BCUT2D eigenvalue weighted by Crippen LogP contribution is -2.11. The Balaban J connectivity index is 1.45. The molecule has 0 radical (unpaired) electrons. The molecule has 190 valence electrons. The van der Waals surface area contributed by atoms with E-state index in [1.54, 1.807) is 12.1 Å². The second-order valence-electron chi connectivity index (χ2n) is 8.77. The van der Waals surface area contributed by atoms with Crippen LogP contribution in [0.5, 0.6) is 11.5 Å². The molecule has 6 heteroatoms. The first-order chi connectivity index (χ1) is 17.9. The summed E-state index contributed by atoms with van der Waals surface area (Å²) in [6.07, 6.45) is 2.94. The predicted octanol–water partition coefficient (Wildman–Crippen LogP) is 8.53. The summed E-state index contributed by atoms with van der Waals surface area (Å²) in [5.74, 6) is -3.04. The molecule has 3 nitrogen and oxygen atoms in total. The molecule has 0 aliphatic rings. The summed E-state index contributed by atoms with van der Waals surface area (Å²) in [6.45, 7) is 4.47. The third-order valence-corrected chi connectivity index (χ3v) is 6.00. The Morgan fingerprint density at radius 1 is 0.730 bits per heavy atom. The molecule has 37 heavy (non-hydrogen) atoms. The van der Waals surface area contributed by atoms with Gasteiger partial charge in [0.05, 0.1) is 12.2 Å². The van der Waals surface area contributed by atoms with Gasteiger partial charge in [0, 0.05) is 17.2 Å². The second kappa shape index (κ2) is 11.8. The van der Waals surface area contributed by atoms with Crippen LogP contribution in [0.1, 0.15) is 42.1 Å². The zero-order valence-corrected chi connectivity index (χ0v) is 20.7. The molecule has 0 saturated heterocycles. The van der Waals surface area contributed by atoms with Crippen LogP contribution < -0.4 is 9.47 Å². The monoisotopic (exact) mass is 504 g/mol. The lowest BCUT2D eigenvalue weighted by molar-refractivity contribution is 0.0730. The van der Waals surface area contributed by atoms with Crippen LogP contribution in [-0.2, 0) is 0 Å². The summed E-state index contributed by atoms with van der Waals surface area (Å²) in [5.41, 5.74) is 2.03. The van der Waals surface area contributed by atoms with Crippen molar-refractivity contribution >= 4 is 5.97 Å². The fourth-order valence-electron chi connectivity index (χ4n) is 3.89. The zero-order valence-electron chi connectivity index (χ0n) is 20.7. The van der Waals surface area contributed by atoms with Crippen LogP contribution in [0.25, 0.3) is 22.3 Å². The number of carbonyl (C=O) groups excluding carboxylic acids is 1. The average molecular weight is 505 g/mol. The van der Waals surface area contributed by atoms with Crippen molar-refractivity contribution in [1.82, 2.24) is 0 Å². The Morgan fingerprint density at radius 2 is 1.30 bits per heavy atom. The summed E-state index contributed by atoms with van der Waals surface area (Å²) >= 11 is 0. The van der Waals surface area contributed by atoms with E-state index in [0.29, 0.717) is 23.5 Å². The van der Waals surface area contributed by atoms with Gasteiger partial charge in [0.1, 0.15) is 17.3 Å². The first kappa shape index (κ1) is 26.0. The summed E-state index contributed by atoms with van der Waals surface area (Å²) in [7, 11) is 0. The van der Waals surface area contributed by atoms with Gasteiger partial charge in [0.15, 0.2) is 11.6 Å². The van der Waals surface area contributed by atoms with E-state index in [2.05, 4.69) is 6.92 Å².